The summed E-state index contributed by atoms with van der Waals surface area (Å²) in [6, 6.07) is 0. The summed E-state index contributed by atoms with van der Waals surface area (Å²) in [5, 5.41) is 51.5. The highest BCUT2D eigenvalue weighted by Gasteiger charge is 2.40. The van der Waals surface area contributed by atoms with Crippen LogP contribution in [0, 0.1) is 35.5 Å². The van der Waals surface area contributed by atoms with Crippen LogP contribution in [-0.4, -0.2) is 86.3 Å². The molecule has 1 saturated heterocycles. The monoisotopic (exact) mass is 843 g/mol. The minimum Gasteiger partial charge on any atom is -0.495 e. The lowest BCUT2D eigenvalue weighted by molar-refractivity contribution is -0.153. The van der Waals surface area contributed by atoms with E-state index in [0.717, 1.165) is 79.2 Å². The summed E-state index contributed by atoms with van der Waals surface area (Å²) in [7, 11) is 0. The van der Waals surface area contributed by atoms with Crippen LogP contribution in [0.3, 0.4) is 0 Å². The van der Waals surface area contributed by atoms with Crippen molar-refractivity contribution in [3.8, 4) is 0 Å². The number of hydrogen-bond acceptors (Lipinski definition) is 10. The second kappa shape index (κ2) is 23.6. The molecule has 1 heterocycles. The van der Waals surface area contributed by atoms with Gasteiger partial charge in [0, 0.05) is 24.7 Å². The lowest BCUT2D eigenvalue weighted by Gasteiger charge is -2.40. The van der Waals surface area contributed by atoms with Crippen LogP contribution in [0.5, 0.6) is 0 Å². The number of aliphatic hydroxyl groups is 5. The van der Waals surface area contributed by atoms with Crippen LogP contribution in [0.4, 0.5) is 0 Å². The molecule has 0 spiro atoms. The third-order valence-corrected chi connectivity index (χ3v) is 13.6. The minimum atomic E-state index is -0.583. The van der Waals surface area contributed by atoms with Crippen molar-refractivity contribution in [3.63, 3.8) is 0 Å². The second-order valence-corrected chi connectivity index (χ2v) is 18.8. The molecule has 3 fully saturated rings. The molecule has 4 unspecified atom stereocenters. The maximum Gasteiger partial charge on any atom is 0.309 e. The fourth-order valence-electron chi connectivity index (χ4n) is 9.44. The van der Waals surface area contributed by atoms with Gasteiger partial charge in [0.15, 0.2) is 0 Å². The van der Waals surface area contributed by atoms with Gasteiger partial charge in [0.05, 0.1) is 48.1 Å². The predicted octanol–water partition coefficient (Wildman–Crippen LogP) is 8.99. The fraction of sp³-hybridized carbons (Fsp3) is 0.760. The second-order valence-electron chi connectivity index (χ2n) is 18.8. The molecule has 5 N–H and O–H groups in total. The number of ether oxygens (including phenoxy) is 3. The molecule has 0 aromatic carbocycles. The van der Waals surface area contributed by atoms with Crippen LogP contribution in [0.15, 0.2) is 57.9 Å². The molecule has 1 aliphatic heterocycles. The van der Waals surface area contributed by atoms with Gasteiger partial charge in [0.2, 0.25) is 0 Å². The molecule has 0 aromatic rings. The fourth-order valence-corrected chi connectivity index (χ4v) is 9.44. The Hall–Kier alpha value is -2.76. The molecule has 10 nitrogen and oxygen atoms in total. The normalized spacial score (nSPS) is 32.3. The average molecular weight is 843 g/mol. The van der Waals surface area contributed by atoms with Gasteiger partial charge in [-0.25, -0.2) is 0 Å². The van der Waals surface area contributed by atoms with Crippen molar-refractivity contribution in [2.45, 2.75) is 208 Å². The van der Waals surface area contributed by atoms with Gasteiger partial charge in [-0.15, -0.1) is 0 Å². The summed E-state index contributed by atoms with van der Waals surface area (Å²) in [5.74, 6) is 0.763. The summed E-state index contributed by atoms with van der Waals surface area (Å²) in [6.45, 7) is 21.9. The van der Waals surface area contributed by atoms with Gasteiger partial charge in [-0.1, -0.05) is 99.6 Å². The molecule has 0 radical (unpaired) electrons. The Bertz CT molecular complexity index is 1570. The third kappa shape index (κ3) is 13.6. The molecule has 0 aromatic heterocycles. The van der Waals surface area contributed by atoms with Gasteiger partial charge in [0.1, 0.15) is 18.3 Å². The topological polar surface area (TPSA) is 163 Å². The van der Waals surface area contributed by atoms with Crippen molar-refractivity contribution < 1.29 is 49.3 Å². The zero-order valence-corrected chi connectivity index (χ0v) is 37.6. The maximum atomic E-state index is 12.6. The molecule has 5 aliphatic rings. The van der Waals surface area contributed by atoms with E-state index in [0.29, 0.717) is 56.1 Å². The van der Waals surface area contributed by atoms with E-state index in [-0.39, 0.29) is 61.3 Å². The van der Waals surface area contributed by atoms with E-state index in [9.17, 15) is 35.1 Å². The SMILES string of the molecule is C.C=C1C[C@H](O)CC(CCC2=C3C(=CC(O)[C@@H]2C)C[C@H](C)C[C@@H]3OC(=O)[C@@H](C)CC)O1.CC[C@H](O)CC(O)CCC1=C2C(=CC(O)[C@@H]1C)C[C@H](C)C[C@@H]2OC(=O)[C@@H](C)CC. The quantitative estimate of drug-likeness (QED) is 0.101. The average Bonchev–Trinajstić information content (AvgIpc) is 3.17. The van der Waals surface area contributed by atoms with Crippen molar-refractivity contribution >= 4 is 11.9 Å². The zero-order valence-electron chi connectivity index (χ0n) is 37.6. The Morgan fingerprint density at radius 1 is 0.733 bits per heavy atom. The predicted molar refractivity (Wildman–Crippen MR) is 237 cm³/mol. The number of fused-ring (bicyclic) bond motifs is 2. The molecule has 2 saturated carbocycles. The summed E-state index contributed by atoms with van der Waals surface area (Å²) >= 11 is 0. The van der Waals surface area contributed by atoms with E-state index < -0.39 is 30.5 Å². The number of esters is 2. The van der Waals surface area contributed by atoms with E-state index in [1.165, 1.54) is 5.57 Å². The highest BCUT2D eigenvalue weighted by Crippen LogP contribution is 2.46. The Balaban J connectivity index is 0.000000315. The lowest BCUT2D eigenvalue weighted by atomic mass is 9.70. The third-order valence-electron chi connectivity index (χ3n) is 13.6. The van der Waals surface area contributed by atoms with Crippen LogP contribution >= 0.6 is 0 Å². The number of aliphatic hydroxyl groups excluding tert-OH is 5. The Kier molecular flexibility index (Phi) is 20.3. The Morgan fingerprint density at radius 3 is 1.63 bits per heavy atom. The van der Waals surface area contributed by atoms with Crippen molar-refractivity contribution in [1.82, 2.24) is 0 Å². The largest absolute Gasteiger partial charge is 0.495 e. The van der Waals surface area contributed by atoms with Crippen molar-refractivity contribution in [2.75, 3.05) is 0 Å². The van der Waals surface area contributed by atoms with E-state index in [1.54, 1.807) is 0 Å². The molecule has 10 heteroatoms. The summed E-state index contributed by atoms with van der Waals surface area (Å²) in [6.07, 6.45) is 10.4. The first-order chi connectivity index (χ1) is 27.9. The van der Waals surface area contributed by atoms with Crippen LogP contribution < -0.4 is 0 Å². The van der Waals surface area contributed by atoms with Crippen LogP contribution in [0.25, 0.3) is 0 Å². The highest BCUT2D eigenvalue weighted by molar-refractivity contribution is 5.73. The van der Waals surface area contributed by atoms with Crippen LogP contribution in [0.1, 0.15) is 160 Å². The summed E-state index contributed by atoms with van der Waals surface area (Å²) < 4.78 is 17.8. The standard InChI is InChI=1S/C25H38O5.C24H40O5.CH4/c1-6-15(3)25(28)30-23-10-14(2)9-18-12-22(27)17(5)21(24(18)23)8-7-20-13-19(26)11-16(4)29-20;1-6-15(4)24(28)29-22-11-14(3)10-17-12-21(27)16(5)20(23(17)22)9-8-19(26)13-18(25)7-2;/h12,14-15,17,19-20,22-23,26-27H,4,6-11,13H2,1-3,5H3;12,14-16,18-19,21-22,25-27H,6-11,13H2,1-5H3;1H4/t14-,15-,17+,19-,20?,22?,23-;14-,15-,16+,18-,19?,21?,22-;/m00./s1. The van der Waals surface area contributed by atoms with E-state index in [4.69, 9.17) is 14.2 Å². The Morgan fingerprint density at radius 2 is 1.20 bits per heavy atom. The van der Waals surface area contributed by atoms with Crippen molar-refractivity contribution in [3.05, 3.63) is 57.9 Å². The summed E-state index contributed by atoms with van der Waals surface area (Å²) in [5.41, 5.74) is 6.68. The van der Waals surface area contributed by atoms with E-state index in [2.05, 4.69) is 20.4 Å². The van der Waals surface area contributed by atoms with Gasteiger partial charge in [-0.3, -0.25) is 9.59 Å². The molecule has 342 valence electrons. The first kappa shape index (κ1) is 51.6. The molecule has 4 aliphatic carbocycles. The van der Waals surface area contributed by atoms with E-state index >= 15 is 0 Å². The molecular formula is C50H82O10. The summed E-state index contributed by atoms with van der Waals surface area (Å²) in [4.78, 5) is 25.1. The zero-order chi connectivity index (χ0) is 43.7. The van der Waals surface area contributed by atoms with Gasteiger partial charge < -0.3 is 39.7 Å². The van der Waals surface area contributed by atoms with Gasteiger partial charge >= 0.3 is 11.9 Å². The molecule has 14 atom stereocenters. The van der Waals surface area contributed by atoms with Gasteiger partial charge in [-0.05, 0) is 111 Å². The van der Waals surface area contributed by atoms with E-state index in [1.807, 2.05) is 60.6 Å². The maximum absolute atomic E-state index is 12.6. The molecule has 0 bridgehead atoms. The smallest absolute Gasteiger partial charge is 0.309 e. The molecule has 5 rings (SSSR count). The molecule has 0 amide bonds. The molecular weight excluding hydrogens is 761 g/mol. The number of carbonyl (C=O) groups is 2. The van der Waals surface area contributed by atoms with Crippen LogP contribution in [-0.2, 0) is 23.8 Å². The number of hydrogen-bond donors (Lipinski definition) is 5. The highest BCUT2D eigenvalue weighted by atomic mass is 16.5. The lowest BCUT2D eigenvalue weighted by Crippen LogP contribution is -2.36. The first-order valence-electron chi connectivity index (χ1n) is 22.9. The molecule has 60 heavy (non-hydrogen) atoms. The minimum absolute atomic E-state index is 0. The number of rotatable bonds is 15. The van der Waals surface area contributed by atoms with Gasteiger partial charge in [0.25, 0.3) is 0 Å². The van der Waals surface area contributed by atoms with Crippen molar-refractivity contribution in [2.24, 2.45) is 35.5 Å². The van der Waals surface area contributed by atoms with Crippen molar-refractivity contribution in [1.29, 1.82) is 0 Å². The van der Waals surface area contributed by atoms with Crippen LogP contribution in [0.2, 0.25) is 0 Å². The Labute approximate surface area is 362 Å². The first-order valence-corrected chi connectivity index (χ1v) is 22.9. The number of carbonyl (C=O) groups excluding carboxylic acids is 2. The van der Waals surface area contributed by atoms with Gasteiger partial charge in [-0.2, -0.15) is 0 Å².